The Kier molecular flexibility index (Phi) is 5.91. The topological polar surface area (TPSA) is 59.6 Å². The number of hydrogen-bond acceptors (Lipinski definition) is 2. The molecule has 2 aromatic carbocycles. The van der Waals surface area contributed by atoms with Crippen LogP contribution in [0.5, 0.6) is 5.75 Å². The number of halogens is 2. The van der Waals surface area contributed by atoms with Crippen molar-refractivity contribution in [2.24, 2.45) is 10.7 Å². The number of fused-ring (bicyclic) bond motifs is 1. The summed E-state index contributed by atoms with van der Waals surface area (Å²) in [6.07, 6.45) is 2.22. The summed E-state index contributed by atoms with van der Waals surface area (Å²) in [4.78, 5) is 4.36. The number of hydrogen-bond donors (Lipinski definition) is 2. The van der Waals surface area contributed by atoms with Gasteiger partial charge in [0.05, 0.1) is 12.6 Å². The van der Waals surface area contributed by atoms with Gasteiger partial charge < -0.3 is 15.8 Å². The van der Waals surface area contributed by atoms with Crippen LogP contribution in [0.1, 0.15) is 30.0 Å². The van der Waals surface area contributed by atoms with Crippen molar-refractivity contribution in [2.45, 2.75) is 25.3 Å². The molecule has 0 aliphatic carbocycles. The number of nitrogens with zero attached hydrogens (tertiary/aromatic N) is 1. The zero-order valence-electron chi connectivity index (χ0n) is 13.8. The third-order valence-corrected chi connectivity index (χ3v) is 4.68. The first-order chi connectivity index (χ1) is 12.1. The highest BCUT2D eigenvalue weighted by atomic mass is 79.9. The Labute approximate surface area is 155 Å². The molecule has 3 N–H and O–H groups in total. The summed E-state index contributed by atoms with van der Waals surface area (Å²) in [6.45, 7) is 1.21. The molecule has 1 atom stereocenters. The van der Waals surface area contributed by atoms with Gasteiger partial charge in [-0.2, -0.15) is 0 Å². The van der Waals surface area contributed by atoms with Gasteiger partial charge in [-0.1, -0.05) is 40.2 Å². The number of nitrogens with one attached hydrogen (secondary N) is 1. The highest BCUT2D eigenvalue weighted by molar-refractivity contribution is 9.10. The van der Waals surface area contributed by atoms with E-state index in [1.165, 1.54) is 6.07 Å². The normalized spacial score (nSPS) is 16.9. The van der Waals surface area contributed by atoms with Crippen molar-refractivity contribution in [2.75, 3.05) is 13.2 Å². The van der Waals surface area contributed by atoms with Crippen LogP contribution >= 0.6 is 15.9 Å². The lowest BCUT2D eigenvalue weighted by molar-refractivity contribution is 0.262. The second kappa shape index (κ2) is 8.34. The largest absolute Gasteiger partial charge is 0.493 e. The van der Waals surface area contributed by atoms with Gasteiger partial charge in [-0.3, -0.25) is 4.99 Å². The first-order valence-electron chi connectivity index (χ1n) is 8.35. The highest BCUT2D eigenvalue weighted by Crippen LogP contribution is 2.31. The standard InChI is InChI=1S/C19H21BrFN3O/c20-14-8-7-13(16(21)12-14)4-3-10-23-19(22)24-17-9-11-25-18-6-2-1-5-15(17)18/h1-2,5-8,12,17H,3-4,9-11H2,(H3,22,23,24). The Morgan fingerprint density at radius 1 is 1.32 bits per heavy atom. The minimum Gasteiger partial charge on any atom is -0.493 e. The molecule has 1 unspecified atom stereocenters. The second-order valence-electron chi connectivity index (χ2n) is 5.98. The number of ether oxygens (including phenoxy) is 1. The number of rotatable bonds is 5. The fraction of sp³-hybridized carbons (Fsp3) is 0.316. The summed E-state index contributed by atoms with van der Waals surface area (Å²) < 4.78 is 20.2. The molecule has 0 spiro atoms. The van der Waals surface area contributed by atoms with E-state index in [2.05, 4.69) is 26.2 Å². The maximum absolute atomic E-state index is 13.8. The number of benzene rings is 2. The van der Waals surface area contributed by atoms with Gasteiger partial charge in [0, 0.05) is 23.0 Å². The predicted octanol–water partition coefficient (Wildman–Crippen LogP) is 3.95. The Morgan fingerprint density at radius 3 is 3.00 bits per heavy atom. The third kappa shape index (κ3) is 4.72. The molecule has 0 saturated carbocycles. The van der Waals surface area contributed by atoms with E-state index in [1.807, 2.05) is 30.3 Å². The van der Waals surface area contributed by atoms with E-state index in [0.29, 0.717) is 31.1 Å². The van der Waals surface area contributed by atoms with Gasteiger partial charge in [0.2, 0.25) is 0 Å². The summed E-state index contributed by atoms with van der Waals surface area (Å²) in [6, 6.07) is 13.2. The Bertz CT molecular complexity index is 766. The van der Waals surface area contributed by atoms with Crippen molar-refractivity contribution in [3.05, 3.63) is 63.9 Å². The molecule has 6 heteroatoms. The van der Waals surface area contributed by atoms with Crippen molar-refractivity contribution in [1.82, 2.24) is 5.32 Å². The molecule has 1 heterocycles. The fourth-order valence-electron chi connectivity index (χ4n) is 2.91. The number of aliphatic imine (C=N–C) groups is 1. The Morgan fingerprint density at radius 2 is 2.16 bits per heavy atom. The Balaban J connectivity index is 1.51. The van der Waals surface area contributed by atoms with Gasteiger partial charge in [-0.05, 0) is 36.6 Å². The van der Waals surface area contributed by atoms with Crippen molar-refractivity contribution < 1.29 is 9.13 Å². The van der Waals surface area contributed by atoms with Gasteiger partial charge in [-0.15, -0.1) is 0 Å². The molecule has 0 radical (unpaired) electrons. The van der Waals surface area contributed by atoms with Crippen LogP contribution in [0.2, 0.25) is 0 Å². The predicted molar refractivity (Wildman–Crippen MR) is 101 cm³/mol. The summed E-state index contributed by atoms with van der Waals surface area (Å²) >= 11 is 3.26. The monoisotopic (exact) mass is 405 g/mol. The van der Waals surface area contributed by atoms with Crippen LogP contribution in [0.4, 0.5) is 4.39 Å². The molecule has 0 saturated heterocycles. The van der Waals surface area contributed by atoms with E-state index in [-0.39, 0.29) is 11.9 Å². The van der Waals surface area contributed by atoms with Gasteiger partial charge >= 0.3 is 0 Å². The van der Waals surface area contributed by atoms with Crippen molar-refractivity contribution in [3.8, 4) is 5.75 Å². The first-order valence-corrected chi connectivity index (χ1v) is 9.15. The first kappa shape index (κ1) is 17.7. The van der Waals surface area contributed by atoms with Crippen molar-refractivity contribution >= 4 is 21.9 Å². The van der Waals surface area contributed by atoms with E-state index in [9.17, 15) is 4.39 Å². The molecule has 0 aromatic heterocycles. The van der Waals surface area contributed by atoms with Crippen LogP contribution in [0.25, 0.3) is 0 Å². The van der Waals surface area contributed by atoms with Crippen LogP contribution < -0.4 is 15.8 Å². The number of aryl methyl sites for hydroxylation is 1. The van der Waals surface area contributed by atoms with Crippen molar-refractivity contribution in [3.63, 3.8) is 0 Å². The van der Waals surface area contributed by atoms with Crippen LogP contribution in [0.15, 0.2) is 51.9 Å². The molecule has 0 bridgehead atoms. The lowest BCUT2D eigenvalue weighted by Crippen LogP contribution is -2.37. The SMILES string of the molecule is NC(=NCCCc1ccc(Br)cc1F)NC1CCOc2ccccc21. The smallest absolute Gasteiger partial charge is 0.189 e. The maximum Gasteiger partial charge on any atom is 0.189 e. The minimum absolute atomic E-state index is 0.109. The molecular weight excluding hydrogens is 385 g/mol. The van der Waals surface area contributed by atoms with E-state index < -0.39 is 0 Å². The van der Waals surface area contributed by atoms with E-state index in [0.717, 1.165) is 28.6 Å². The van der Waals surface area contributed by atoms with Crippen molar-refractivity contribution in [1.29, 1.82) is 0 Å². The molecular formula is C19H21BrFN3O. The Hall–Kier alpha value is -2.08. The highest BCUT2D eigenvalue weighted by Gasteiger charge is 2.21. The summed E-state index contributed by atoms with van der Waals surface area (Å²) in [5, 5.41) is 3.26. The molecule has 25 heavy (non-hydrogen) atoms. The van der Waals surface area contributed by atoms with Gasteiger partial charge in [0.1, 0.15) is 11.6 Å². The molecule has 0 amide bonds. The maximum atomic E-state index is 13.8. The van der Waals surface area contributed by atoms with Crippen LogP contribution in [0, 0.1) is 5.82 Å². The molecule has 1 aliphatic heterocycles. The van der Waals surface area contributed by atoms with E-state index in [4.69, 9.17) is 10.5 Å². The van der Waals surface area contributed by atoms with Gasteiger partial charge in [-0.25, -0.2) is 4.39 Å². The summed E-state index contributed by atoms with van der Waals surface area (Å²) in [5.74, 6) is 1.12. The lowest BCUT2D eigenvalue weighted by Gasteiger charge is -2.26. The fourth-order valence-corrected chi connectivity index (χ4v) is 3.24. The lowest BCUT2D eigenvalue weighted by atomic mass is 10.0. The quantitative estimate of drug-likeness (QED) is 0.449. The zero-order chi connectivity index (χ0) is 17.6. The van der Waals surface area contributed by atoms with Gasteiger partial charge in [0.25, 0.3) is 0 Å². The second-order valence-corrected chi connectivity index (χ2v) is 6.89. The number of nitrogens with two attached hydrogens (primary N) is 1. The van der Waals surface area contributed by atoms with E-state index in [1.54, 1.807) is 6.07 Å². The third-order valence-electron chi connectivity index (χ3n) is 4.18. The van der Waals surface area contributed by atoms with Crippen LogP contribution in [0.3, 0.4) is 0 Å². The summed E-state index contributed by atoms with van der Waals surface area (Å²) in [7, 11) is 0. The molecule has 132 valence electrons. The van der Waals surface area contributed by atoms with Crippen LogP contribution in [-0.2, 0) is 6.42 Å². The van der Waals surface area contributed by atoms with E-state index >= 15 is 0 Å². The molecule has 0 fully saturated rings. The molecule has 2 aromatic rings. The molecule has 1 aliphatic rings. The summed E-state index contributed by atoms with van der Waals surface area (Å²) in [5.41, 5.74) is 7.81. The average Bonchev–Trinajstić information content (AvgIpc) is 2.60. The molecule has 4 nitrogen and oxygen atoms in total. The van der Waals surface area contributed by atoms with Crippen LogP contribution in [-0.4, -0.2) is 19.1 Å². The average molecular weight is 406 g/mol. The zero-order valence-corrected chi connectivity index (χ0v) is 15.4. The minimum atomic E-state index is -0.191. The number of guanidine groups is 1. The molecule has 3 rings (SSSR count). The van der Waals surface area contributed by atoms with Gasteiger partial charge in [0.15, 0.2) is 5.96 Å². The number of para-hydroxylation sites is 1.